The van der Waals surface area contributed by atoms with Crippen molar-refractivity contribution in [2.24, 2.45) is 0 Å². The van der Waals surface area contributed by atoms with Crippen LogP contribution in [0.3, 0.4) is 0 Å². The monoisotopic (exact) mass is 371 g/mol. The Morgan fingerprint density at radius 3 is 2.62 bits per heavy atom. The van der Waals surface area contributed by atoms with Crippen molar-refractivity contribution in [2.45, 2.75) is 19.8 Å². The Labute approximate surface area is 156 Å². The fraction of sp³-hybridized carbons (Fsp3) is 0.200. The van der Waals surface area contributed by atoms with Crippen LogP contribution in [0.1, 0.15) is 24.5 Å². The maximum atomic E-state index is 12.8. The highest BCUT2D eigenvalue weighted by molar-refractivity contribution is 6.31. The van der Waals surface area contributed by atoms with Gasteiger partial charge in [-0.1, -0.05) is 42.8 Å². The molecule has 1 aliphatic rings. The summed E-state index contributed by atoms with van der Waals surface area (Å²) in [4.78, 5) is 25.2. The van der Waals surface area contributed by atoms with E-state index in [9.17, 15) is 9.59 Å². The van der Waals surface area contributed by atoms with Gasteiger partial charge in [-0.2, -0.15) is 0 Å². The molecule has 5 nitrogen and oxygen atoms in total. The summed E-state index contributed by atoms with van der Waals surface area (Å²) >= 11 is 6.02. The molecule has 2 aromatic carbocycles. The van der Waals surface area contributed by atoms with Crippen molar-refractivity contribution in [2.75, 3.05) is 11.4 Å². The summed E-state index contributed by atoms with van der Waals surface area (Å²) in [5, 5.41) is 9.42. The smallest absolute Gasteiger partial charge is 0.305 e. The second-order valence-electron chi connectivity index (χ2n) is 5.92. The van der Waals surface area contributed by atoms with E-state index in [4.69, 9.17) is 21.4 Å². The van der Waals surface area contributed by atoms with Gasteiger partial charge in [-0.15, -0.1) is 0 Å². The number of nitrogens with zero attached hydrogens (tertiary/aromatic N) is 1. The lowest BCUT2D eigenvalue weighted by molar-refractivity contribution is -0.136. The molecule has 3 rings (SSSR count). The number of carboxylic acid groups (broad SMARTS) is 1. The van der Waals surface area contributed by atoms with Crippen molar-refractivity contribution in [3.05, 3.63) is 64.4 Å². The molecule has 0 fully saturated rings. The highest BCUT2D eigenvalue weighted by Gasteiger charge is 2.30. The minimum absolute atomic E-state index is 0.0387. The molecule has 0 saturated carbocycles. The number of carboxylic acids is 1. The van der Waals surface area contributed by atoms with Crippen molar-refractivity contribution in [3.63, 3.8) is 0 Å². The number of ether oxygens (including phenoxy) is 1. The molecule has 0 atom stereocenters. The van der Waals surface area contributed by atoms with Crippen LogP contribution in [0.25, 0.3) is 6.08 Å². The van der Waals surface area contributed by atoms with Crippen LogP contribution in [0.2, 0.25) is 5.02 Å². The number of halogens is 1. The Bertz CT molecular complexity index is 874. The quantitative estimate of drug-likeness (QED) is 0.802. The number of benzene rings is 2. The first-order valence-electron chi connectivity index (χ1n) is 8.29. The van der Waals surface area contributed by atoms with Gasteiger partial charge in [-0.05, 0) is 41.8 Å². The van der Waals surface area contributed by atoms with Crippen LogP contribution < -0.4 is 9.64 Å². The Balaban J connectivity index is 1.97. The molecule has 0 radical (unpaired) electrons. The van der Waals surface area contributed by atoms with E-state index >= 15 is 0 Å². The Hall–Kier alpha value is -2.79. The first-order valence-corrected chi connectivity index (χ1v) is 8.67. The molecule has 1 N–H and O–H groups in total. The summed E-state index contributed by atoms with van der Waals surface area (Å²) in [5.74, 6) is -0.751. The number of anilines is 1. The van der Waals surface area contributed by atoms with E-state index < -0.39 is 5.97 Å². The zero-order valence-electron chi connectivity index (χ0n) is 14.2. The van der Waals surface area contributed by atoms with E-state index in [-0.39, 0.29) is 24.6 Å². The standard InChI is InChI=1S/C20H18ClNO4/c1-2-13-3-5-14(6-4-13)11-18-20(25)22(10-9-19(23)24)16-12-15(21)7-8-17(16)26-18/h3-8,11-12H,2,9-10H2,1H3,(H,23,24)/b18-11+. The van der Waals surface area contributed by atoms with Crippen LogP contribution in [0.15, 0.2) is 48.2 Å². The van der Waals surface area contributed by atoms with Gasteiger partial charge < -0.3 is 14.7 Å². The van der Waals surface area contributed by atoms with E-state index in [0.717, 1.165) is 12.0 Å². The number of hydrogen-bond donors (Lipinski definition) is 1. The summed E-state index contributed by atoms with van der Waals surface area (Å²) in [6.07, 6.45) is 2.42. The van der Waals surface area contributed by atoms with Gasteiger partial charge in [0.2, 0.25) is 0 Å². The molecule has 0 aliphatic carbocycles. The average molecular weight is 372 g/mol. The van der Waals surface area contributed by atoms with Crippen LogP contribution in [0.5, 0.6) is 5.75 Å². The molecule has 0 aromatic heterocycles. The summed E-state index contributed by atoms with van der Waals surface area (Å²) in [5.41, 5.74) is 2.51. The second kappa shape index (κ2) is 7.62. The Kier molecular flexibility index (Phi) is 5.28. The normalized spacial score (nSPS) is 14.9. The van der Waals surface area contributed by atoms with E-state index in [0.29, 0.717) is 16.5 Å². The fourth-order valence-corrected chi connectivity index (χ4v) is 2.88. The maximum absolute atomic E-state index is 12.8. The number of aryl methyl sites for hydroxylation is 1. The number of fused-ring (bicyclic) bond motifs is 1. The zero-order chi connectivity index (χ0) is 18.7. The highest BCUT2D eigenvalue weighted by Crippen LogP contribution is 2.37. The average Bonchev–Trinajstić information content (AvgIpc) is 2.62. The van der Waals surface area contributed by atoms with Crippen molar-refractivity contribution in [1.82, 2.24) is 0 Å². The summed E-state index contributed by atoms with van der Waals surface area (Å²) in [7, 11) is 0. The third-order valence-electron chi connectivity index (χ3n) is 4.12. The van der Waals surface area contributed by atoms with E-state index in [1.807, 2.05) is 24.3 Å². The molecule has 134 valence electrons. The molecule has 0 spiro atoms. The predicted octanol–water partition coefficient (Wildman–Crippen LogP) is 4.14. The second-order valence-corrected chi connectivity index (χ2v) is 6.35. The molecular weight excluding hydrogens is 354 g/mol. The first kappa shape index (κ1) is 18.0. The van der Waals surface area contributed by atoms with Gasteiger partial charge in [-0.25, -0.2) is 0 Å². The molecular formula is C20H18ClNO4. The van der Waals surface area contributed by atoms with E-state index in [2.05, 4.69) is 6.92 Å². The number of hydrogen-bond acceptors (Lipinski definition) is 3. The third-order valence-corrected chi connectivity index (χ3v) is 4.36. The van der Waals surface area contributed by atoms with Crippen LogP contribution in [-0.2, 0) is 16.0 Å². The van der Waals surface area contributed by atoms with Gasteiger partial charge in [-0.3, -0.25) is 9.59 Å². The lowest BCUT2D eigenvalue weighted by Crippen LogP contribution is -2.38. The molecule has 6 heteroatoms. The number of carbonyl (C=O) groups excluding carboxylic acids is 1. The lowest BCUT2D eigenvalue weighted by Gasteiger charge is -2.30. The highest BCUT2D eigenvalue weighted by atomic mass is 35.5. The van der Waals surface area contributed by atoms with Gasteiger partial charge >= 0.3 is 5.97 Å². The van der Waals surface area contributed by atoms with Crippen molar-refractivity contribution in [3.8, 4) is 5.75 Å². The molecule has 1 aliphatic heterocycles. The van der Waals surface area contributed by atoms with Gasteiger partial charge in [0.15, 0.2) is 11.5 Å². The zero-order valence-corrected chi connectivity index (χ0v) is 15.0. The van der Waals surface area contributed by atoms with Crippen molar-refractivity contribution < 1.29 is 19.4 Å². The molecule has 2 aromatic rings. The SMILES string of the molecule is CCc1ccc(/C=C2/Oc3ccc(Cl)cc3N(CCC(=O)O)C2=O)cc1. The maximum Gasteiger partial charge on any atom is 0.305 e. The van der Waals surface area contributed by atoms with Gasteiger partial charge in [0.25, 0.3) is 5.91 Å². The predicted molar refractivity (Wildman–Crippen MR) is 100 cm³/mol. The minimum Gasteiger partial charge on any atom is -0.481 e. The van der Waals surface area contributed by atoms with E-state index in [1.54, 1.807) is 24.3 Å². The summed E-state index contributed by atoms with van der Waals surface area (Å²) in [6.45, 7) is 2.11. The van der Waals surface area contributed by atoms with Crippen LogP contribution in [0.4, 0.5) is 5.69 Å². The van der Waals surface area contributed by atoms with Crippen LogP contribution in [0, 0.1) is 0 Å². The Morgan fingerprint density at radius 2 is 1.96 bits per heavy atom. The van der Waals surface area contributed by atoms with Crippen molar-refractivity contribution >= 4 is 35.2 Å². The first-order chi connectivity index (χ1) is 12.5. The van der Waals surface area contributed by atoms with Gasteiger partial charge in [0.1, 0.15) is 0 Å². The molecule has 26 heavy (non-hydrogen) atoms. The number of aliphatic carboxylic acids is 1. The number of rotatable bonds is 5. The molecule has 0 bridgehead atoms. The number of carbonyl (C=O) groups is 2. The number of amides is 1. The minimum atomic E-state index is -0.978. The van der Waals surface area contributed by atoms with Gasteiger partial charge in [0, 0.05) is 11.6 Å². The summed E-state index contributed by atoms with van der Waals surface area (Å²) in [6, 6.07) is 12.8. The topological polar surface area (TPSA) is 66.8 Å². The Morgan fingerprint density at radius 1 is 1.23 bits per heavy atom. The lowest BCUT2D eigenvalue weighted by atomic mass is 10.1. The molecule has 1 amide bonds. The van der Waals surface area contributed by atoms with E-state index in [1.165, 1.54) is 10.5 Å². The summed E-state index contributed by atoms with van der Waals surface area (Å²) < 4.78 is 5.76. The van der Waals surface area contributed by atoms with Crippen molar-refractivity contribution in [1.29, 1.82) is 0 Å². The molecule has 1 heterocycles. The molecule has 0 unspecified atom stereocenters. The largest absolute Gasteiger partial charge is 0.481 e. The third kappa shape index (κ3) is 3.89. The fourth-order valence-electron chi connectivity index (χ4n) is 2.71. The van der Waals surface area contributed by atoms with Crippen LogP contribution >= 0.6 is 11.6 Å². The van der Waals surface area contributed by atoms with Gasteiger partial charge in [0.05, 0.1) is 12.1 Å². The van der Waals surface area contributed by atoms with Crippen LogP contribution in [-0.4, -0.2) is 23.5 Å². The molecule has 0 saturated heterocycles.